The van der Waals surface area contributed by atoms with E-state index < -0.39 is 0 Å². The number of para-hydroxylation sites is 2. The summed E-state index contributed by atoms with van der Waals surface area (Å²) in [4.78, 5) is 27.6. The Morgan fingerprint density at radius 1 is 1.30 bits per heavy atom. The molecule has 7 heteroatoms. The van der Waals surface area contributed by atoms with E-state index in [2.05, 4.69) is 10.2 Å². The van der Waals surface area contributed by atoms with E-state index in [9.17, 15) is 9.59 Å². The van der Waals surface area contributed by atoms with Crippen molar-refractivity contribution in [2.24, 2.45) is 0 Å². The van der Waals surface area contributed by atoms with Gasteiger partial charge in [-0.3, -0.25) is 19.3 Å². The van der Waals surface area contributed by atoms with Crippen LogP contribution in [-0.2, 0) is 6.42 Å². The lowest BCUT2D eigenvalue weighted by atomic mass is 10.1. The van der Waals surface area contributed by atoms with Crippen LogP contribution < -0.4 is 10.3 Å². The number of amides is 1. The second-order valence-corrected chi connectivity index (χ2v) is 6.30. The lowest BCUT2D eigenvalue weighted by Gasteiger charge is -2.19. The van der Waals surface area contributed by atoms with E-state index >= 15 is 0 Å². The summed E-state index contributed by atoms with van der Waals surface area (Å²) in [6.07, 6.45) is 5.84. The van der Waals surface area contributed by atoms with Gasteiger partial charge in [0.1, 0.15) is 11.3 Å². The summed E-state index contributed by atoms with van der Waals surface area (Å²) in [5.41, 5.74) is 2.05. The van der Waals surface area contributed by atoms with E-state index in [1.54, 1.807) is 62.8 Å². The number of aryl methyl sites for hydroxylation is 1. The molecular formula is C20H22N4O3. The molecule has 2 heterocycles. The number of methoxy groups -OCH3 is 1. The van der Waals surface area contributed by atoms with Gasteiger partial charge < -0.3 is 9.64 Å². The Kier molecular flexibility index (Phi) is 5.40. The highest BCUT2D eigenvalue weighted by Gasteiger charge is 2.20. The third-order valence-electron chi connectivity index (χ3n) is 4.50. The fourth-order valence-corrected chi connectivity index (χ4v) is 2.91. The highest BCUT2D eigenvalue weighted by Crippen LogP contribution is 2.21. The number of carbonyl (C=O) groups excluding carboxylic acids is 1. The van der Waals surface area contributed by atoms with Crippen molar-refractivity contribution in [2.45, 2.75) is 13.3 Å². The summed E-state index contributed by atoms with van der Waals surface area (Å²) in [5.74, 6) is 0.264. The number of nitrogens with zero attached hydrogens (tertiary/aromatic N) is 3. The predicted molar refractivity (Wildman–Crippen MR) is 103 cm³/mol. The summed E-state index contributed by atoms with van der Waals surface area (Å²) in [7, 11) is 3.25. The maximum Gasteiger partial charge on any atom is 0.268 e. The van der Waals surface area contributed by atoms with Gasteiger partial charge in [0.05, 0.1) is 19.0 Å². The van der Waals surface area contributed by atoms with Crippen LogP contribution in [0.15, 0.2) is 53.7 Å². The Labute approximate surface area is 157 Å². The monoisotopic (exact) mass is 366 g/mol. The normalized spacial score (nSPS) is 10.6. The first-order valence-electron chi connectivity index (χ1n) is 8.61. The van der Waals surface area contributed by atoms with Crippen molar-refractivity contribution >= 4 is 5.91 Å². The molecule has 3 rings (SSSR count). The van der Waals surface area contributed by atoms with Gasteiger partial charge in [-0.05, 0) is 42.7 Å². The van der Waals surface area contributed by atoms with E-state index in [0.717, 1.165) is 5.56 Å². The van der Waals surface area contributed by atoms with E-state index in [0.29, 0.717) is 30.0 Å². The largest absolute Gasteiger partial charge is 0.495 e. The standard InChI is InChI=1S/C20H22N4O3/c1-14-8-11-24(16-6-4-5-7-17(16)27-3)20(26)18(14)19(25)23(2)10-9-15-12-21-22-13-15/h4-8,11-13H,9-10H2,1-3H3,(H,21,22). The Morgan fingerprint density at radius 3 is 2.78 bits per heavy atom. The summed E-state index contributed by atoms with van der Waals surface area (Å²) < 4.78 is 6.80. The number of aromatic nitrogens is 3. The van der Waals surface area contributed by atoms with Gasteiger partial charge in [-0.1, -0.05) is 12.1 Å². The number of carbonyl (C=O) groups is 1. The van der Waals surface area contributed by atoms with Crippen LogP contribution in [0.5, 0.6) is 5.75 Å². The number of rotatable bonds is 6. The van der Waals surface area contributed by atoms with Crippen molar-refractivity contribution in [3.63, 3.8) is 0 Å². The highest BCUT2D eigenvalue weighted by molar-refractivity contribution is 5.95. The molecule has 2 aromatic heterocycles. The molecule has 3 aromatic rings. The number of nitrogens with one attached hydrogen (secondary N) is 1. The number of likely N-dealkylation sites (N-methyl/N-ethyl adjacent to an activating group) is 1. The number of ether oxygens (including phenoxy) is 1. The summed E-state index contributed by atoms with van der Waals surface area (Å²) in [6.45, 7) is 2.26. The Balaban J connectivity index is 1.93. The van der Waals surface area contributed by atoms with Gasteiger partial charge in [0, 0.05) is 26.0 Å². The van der Waals surface area contributed by atoms with E-state index in [1.165, 1.54) is 4.57 Å². The van der Waals surface area contributed by atoms with Crippen LogP contribution in [0.1, 0.15) is 21.5 Å². The van der Waals surface area contributed by atoms with Crippen LogP contribution in [0.3, 0.4) is 0 Å². The highest BCUT2D eigenvalue weighted by atomic mass is 16.5. The Bertz CT molecular complexity index is 993. The summed E-state index contributed by atoms with van der Waals surface area (Å²) >= 11 is 0. The molecule has 0 aliphatic heterocycles. The first-order chi connectivity index (χ1) is 13.0. The number of pyridine rings is 1. The van der Waals surface area contributed by atoms with Crippen LogP contribution >= 0.6 is 0 Å². The molecule has 27 heavy (non-hydrogen) atoms. The van der Waals surface area contributed by atoms with Crippen LogP contribution in [0.4, 0.5) is 0 Å². The van der Waals surface area contributed by atoms with Gasteiger partial charge in [0.25, 0.3) is 11.5 Å². The topological polar surface area (TPSA) is 80.2 Å². The molecule has 0 unspecified atom stereocenters. The van der Waals surface area contributed by atoms with E-state index in [-0.39, 0.29) is 17.0 Å². The van der Waals surface area contributed by atoms with E-state index in [1.807, 2.05) is 12.1 Å². The van der Waals surface area contributed by atoms with Crippen molar-refractivity contribution < 1.29 is 9.53 Å². The van der Waals surface area contributed by atoms with Gasteiger partial charge in [-0.2, -0.15) is 5.10 Å². The molecule has 1 aromatic carbocycles. The predicted octanol–water partition coefficient (Wildman–Crippen LogP) is 2.19. The molecule has 0 radical (unpaired) electrons. The second-order valence-electron chi connectivity index (χ2n) is 6.30. The van der Waals surface area contributed by atoms with Crippen molar-refractivity contribution in [3.05, 3.63) is 76.0 Å². The summed E-state index contributed by atoms with van der Waals surface area (Å²) in [6, 6.07) is 8.98. The van der Waals surface area contributed by atoms with Crippen LogP contribution in [0, 0.1) is 6.92 Å². The molecular weight excluding hydrogens is 344 g/mol. The molecule has 0 atom stereocenters. The first kappa shape index (κ1) is 18.4. The van der Waals surface area contributed by atoms with Gasteiger partial charge in [-0.25, -0.2) is 0 Å². The summed E-state index contributed by atoms with van der Waals surface area (Å²) in [5, 5.41) is 6.65. The molecule has 0 spiro atoms. The second kappa shape index (κ2) is 7.90. The van der Waals surface area contributed by atoms with Crippen molar-refractivity contribution in [1.82, 2.24) is 19.7 Å². The number of hydrogen-bond acceptors (Lipinski definition) is 4. The first-order valence-corrected chi connectivity index (χ1v) is 8.61. The molecule has 1 amide bonds. The van der Waals surface area contributed by atoms with Crippen LogP contribution in [0.2, 0.25) is 0 Å². The van der Waals surface area contributed by atoms with Crippen LogP contribution in [-0.4, -0.2) is 46.3 Å². The minimum Gasteiger partial charge on any atom is -0.495 e. The average molecular weight is 366 g/mol. The molecule has 0 fully saturated rings. The molecule has 0 saturated carbocycles. The lowest BCUT2D eigenvalue weighted by molar-refractivity contribution is 0.0793. The van der Waals surface area contributed by atoms with Crippen molar-refractivity contribution in [2.75, 3.05) is 20.7 Å². The van der Waals surface area contributed by atoms with Gasteiger partial charge in [-0.15, -0.1) is 0 Å². The zero-order valence-corrected chi connectivity index (χ0v) is 15.6. The molecule has 7 nitrogen and oxygen atoms in total. The molecule has 140 valence electrons. The third-order valence-corrected chi connectivity index (χ3v) is 4.50. The molecule has 0 bridgehead atoms. The average Bonchev–Trinajstić information content (AvgIpc) is 3.19. The minimum atomic E-state index is -0.361. The van der Waals surface area contributed by atoms with Crippen molar-refractivity contribution in [1.29, 1.82) is 0 Å². The van der Waals surface area contributed by atoms with Gasteiger partial charge >= 0.3 is 0 Å². The smallest absolute Gasteiger partial charge is 0.268 e. The minimum absolute atomic E-state index is 0.165. The molecule has 0 aliphatic rings. The number of aromatic amines is 1. The number of benzene rings is 1. The van der Waals surface area contributed by atoms with Gasteiger partial charge in [0.2, 0.25) is 0 Å². The lowest BCUT2D eigenvalue weighted by Crippen LogP contribution is -2.36. The zero-order chi connectivity index (χ0) is 19.4. The fourth-order valence-electron chi connectivity index (χ4n) is 2.91. The quantitative estimate of drug-likeness (QED) is 0.725. The zero-order valence-electron chi connectivity index (χ0n) is 15.6. The SMILES string of the molecule is COc1ccccc1-n1ccc(C)c(C(=O)N(C)CCc2cn[nH]c2)c1=O. The Morgan fingerprint density at radius 2 is 2.07 bits per heavy atom. The fraction of sp³-hybridized carbons (Fsp3) is 0.250. The molecule has 0 aliphatic carbocycles. The van der Waals surface area contributed by atoms with Crippen LogP contribution in [0.25, 0.3) is 5.69 Å². The number of H-pyrrole nitrogens is 1. The number of hydrogen-bond donors (Lipinski definition) is 1. The Hall–Kier alpha value is -3.35. The van der Waals surface area contributed by atoms with Gasteiger partial charge in [0.15, 0.2) is 0 Å². The molecule has 0 saturated heterocycles. The molecule has 1 N–H and O–H groups in total. The maximum atomic E-state index is 13.1. The third kappa shape index (κ3) is 3.76. The van der Waals surface area contributed by atoms with Crippen molar-refractivity contribution in [3.8, 4) is 11.4 Å². The maximum absolute atomic E-state index is 13.1. The van der Waals surface area contributed by atoms with E-state index in [4.69, 9.17) is 4.74 Å².